The molecule has 25 heavy (non-hydrogen) atoms. The normalized spacial score (nSPS) is 12.6. The van der Waals surface area contributed by atoms with Crippen molar-refractivity contribution in [2.75, 3.05) is 6.61 Å². The van der Waals surface area contributed by atoms with Gasteiger partial charge in [0.15, 0.2) is 12.3 Å². The molecule has 0 bridgehead atoms. The highest BCUT2D eigenvalue weighted by Gasteiger charge is 2.37. The monoisotopic (exact) mass is 363 g/mol. The second-order valence-corrected chi connectivity index (χ2v) is 4.83. The Hall–Kier alpha value is -2.92. The fraction of sp³-hybridized carbons (Fsp3) is 0.231. The SMILES string of the molecule is FC(F)(F)COc1ccc(-c2ccc3nnc(C(F)(F)F)n3c2)nn1. The Morgan fingerprint density at radius 3 is 2.24 bits per heavy atom. The maximum atomic E-state index is 12.9. The van der Waals surface area contributed by atoms with Crippen molar-refractivity contribution in [1.29, 1.82) is 0 Å². The van der Waals surface area contributed by atoms with Crippen LogP contribution in [0.4, 0.5) is 26.3 Å². The summed E-state index contributed by atoms with van der Waals surface area (Å²) in [7, 11) is 0. The van der Waals surface area contributed by atoms with Gasteiger partial charge in [-0.1, -0.05) is 0 Å². The summed E-state index contributed by atoms with van der Waals surface area (Å²) in [5, 5.41) is 13.6. The van der Waals surface area contributed by atoms with Crippen molar-refractivity contribution in [3.05, 3.63) is 36.3 Å². The van der Waals surface area contributed by atoms with Crippen LogP contribution in [-0.4, -0.2) is 37.6 Å². The minimum Gasteiger partial charge on any atom is -0.467 e. The molecule has 0 unspecified atom stereocenters. The third-order valence-electron chi connectivity index (χ3n) is 2.98. The van der Waals surface area contributed by atoms with Gasteiger partial charge in [-0.2, -0.15) is 26.3 Å². The van der Waals surface area contributed by atoms with Crippen LogP contribution in [-0.2, 0) is 6.18 Å². The van der Waals surface area contributed by atoms with Crippen LogP contribution in [0.1, 0.15) is 5.82 Å². The predicted molar refractivity (Wildman–Crippen MR) is 70.6 cm³/mol. The largest absolute Gasteiger partial charge is 0.467 e. The molecular formula is C13H7F6N5O. The molecule has 3 aromatic heterocycles. The van der Waals surface area contributed by atoms with Gasteiger partial charge >= 0.3 is 12.4 Å². The van der Waals surface area contributed by atoms with Crippen LogP contribution in [0, 0.1) is 0 Å². The molecule has 0 aliphatic heterocycles. The molecule has 0 saturated heterocycles. The molecule has 0 saturated carbocycles. The molecule has 0 aliphatic carbocycles. The third kappa shape index (κ3) is 3.78. The Kier molecular flexibility index (Phi) is 3.97. The first-order chi connectivity index (χ1) is 11.6. The Balaban J connectivity index is 1.89. The Morgan fingerprint density at radius 1 is 0.880 bits per heavy atom. The average molecular weight is 363 g/mol. The van der Waals surface area contributed by atoms with Crippen molar-refractivity contribution in [3.8, 4) is 17.1 Å². The molecule has 0 fully saturated rings. The van der Waals surface area contributed by atoms with Gasteiger partial charge in [-0.25, -0.2) is 0 Å². The van der Waals surface area contributed by atoms with E-state index in [9.17, 15) is 26.3 Å². The number of pyridine rings is 1. The minimum absolute atomic E-state index is 0.0193. The first-order valence-corrected chi connectivity index (χ1v) is 6.59. The summed E-state index contributed by atoms with van der Waals surface area (Å²) in [4.78, 5) is 0. The van der Waals surface area contributed by atoms with E-state index in [0.717, 1.165) is 16.7 Å². The molecule has 0 aliphatic rings. The van der Waals surface area contributed by atoms with Crippen LogP contribution in [0.2, 0.25) is 0 Å². The molecule has 3 aromatic rings. The molecule has 0 amide bonds. The summed E-state index contributed by atoms with van der Waals surface area (Å²) >= 11 is 0. The number of aromatic nitrogens is 5. The van der Waals surface area contributed by atoms with Gasteiger partial charge in [0, 0.05) is 17.8 Å². The third-order valence-corrected chi connectivity index (χ3v) is 2.98. The maximum absolute atomic E-state index is 12.9. The van der Waals surface area contributed by atoms with E-state index in [1.165, 1.54) is 18.2 Å². The van der Waals surface area contributed by atoms with Crippen molar-refractivity contribution in [1.82, 2.24) is 24.8 Å². The number of rotatable bonds is 3. The number of hydrogen-bond acceptors (Lipinski definition) is 5. The molecule has 132 valence electrons. The van der Waals surface area contributed by atoms with Gasteiger partial charge in [-0.3, -0.25) is 4.40 Å². The number of ether oxygens (including phenoxy) is 1. The van der Waals surface area contributed by atoms with Crippen molar-refractivity contribution >= 4 is 5.65 Å². The molecule has 0 atom stereocenters. The van der Waals surface area contributed by atoms with Gasteiger partial charge in [0.2, 0.25) is 11.7 Å². The first-order valence-electron chi connectivity index (χ1n) is 6.59. The van der Waals surface area contributed by atoms with Crippen LogP contribution >= 0.6 is 0 Å². The lowest BCUT2D eigenvalue weighted by molar-refractivity contribution is -0.154. The highest BCUT2D eigenvalue weighted by molar-refractivity contribution is 5.60. The number of halogens is 6. The van der Waals surface area contributed by atoms with Crippen LogP contribution in [0.3, 0.4) is 0 Å². The number of hydrogen-bond donors (Lipinski definition) is 0. The molecule has 3 heterocycles. The smallest absolute Gasteiger partial charge is 0.452 e. The molecule has 6 nitrogen and oxygen atoms in total. The predicted octanol–water partition coefficient (Wildman–Crippen LogP) is 3.15. The van der Waals surface area contributed by atoms with Crippen LogP contribution in [0.15, 0.2) is 30.5 Å². The van der Waals surface area contributed by atoms with Gasteiger partial charge in [0.25, 0.3) is 0 Å². The van der Waals surface area contributed by atoms with Crippen molar-refractivity contribution in [2.45, 2.75) is 12.4 Å². The molecule has 0 spiro atoms. The van der Waals surface area contributed by atoms with E-state index in [1.807, 2.05) is 0 Å². The number of fused-ring (bicyclic) bond motifs is 1. The maximum Gasteiger partial charge on any atom is 0.452 e. The molecule has 0 aromatic carbocycles. The molecule has 3 rings (SSSR count). The first kappa shape index (κ1) is 16.9. The zero-order chi connectivity index (χ0) is 18.2. The van der Waals surface area contributed by atoms with E-state index in [1.54, 1.807) is 0 Å². The highest BCUT2D eigenvalue weighted by atomic mass is 19.4. The second kappa shape index (κ2) is 5.86. The summed E-state index contributed by atoms with van der Waals surface area (Å²) in [6, 6.07) is 5.14. The van der Waals surface area contributed by atoms with E-state index >= 15 is 0 Å². The minimum atomic E-state index is -4.70. The number of nitrogens with zero attached hydrogens (tertiary/aromatic N) is 5. The zero-order valence-corrected chi connectivity index (χ0v) is 12.0. The van der Waals surface area contributed by atoms with Crippen molar-refractivity contribution in [2.24, 2.45) is 0 Å². The summed E-state index contributed by atoms with van der Waals surface area (Å²) < 4.78 is 79.9. The zero-order valence-electron chi connectivity index (χ0n) is 12.0. The molecular weight excluding hydrogens is 356 g/mol. The number of alkyl halides is 6. The van der Waals surface area contributed by atoms with E-state index in [2.05, 4.69) is 25.1 Å². The van der Waals surface area contributed by atoms with Crippen molar-refractivity contribution in [3.63, 3.8) is 0 Å². The summed E-state index contributed by atoms with van der Waals surface area (Å²) in [5.74, 6) is -1.56. The van der Waals surface area contributed by atoms with Crippen LogP contribution in [0.5, 0.6) is 5.88 Å². The summed E-state index contributed by atoms with van der Waals surface area (Å²) in [6.45, 7) is -1.53. The quantitative estimate of drug-likeness (QED) is 0.669. The molecule has 12 heteroatoms. The Bertz CT molecular complexity index is 887. The summed E-state index contributed by atoms with van der Waals surface area (Å²) in [6.07, 6.45) is -8.11. The lowest BCUT2D eigenvalue weighted by Crippen LogP contribution is -2.19. The van der Waals surface area contributed by atoms with Gasteiger partial charge in [-0.15, -0.1) is 20.4 Å². The highest BCUT2D eigenvalue weighted by Crippen LogP contribution is 2.29. The average Bonchev–Trinajstić information content (AvgIpc) is 2.96. The second-order valence-electron chi connectivity index (χ2n) is 4.83. The lowest BCUT2D eigenvalue weighted by Gasteiger charge is -2.08. The van der Waals surface area contributed by atoms with E-state index in [0.29, 0.717) is 0 Å². The lowest BCUT2D eigenvalue weighted by atomic mass is 10.2. The van der Waals surface area contributed by atoms with Gasteiger partial charge in [-0.05, 0) is 18.2 Å². The molecule has 0 N–H and O–H groups in total. The van der Waals surface area contributed by atoms with Gasteiger partial charge in [0.05, 0.1) is 5.69 Å². The Labute approximate surface area is 135 Å². The van der Waals surface area contributed by atoms with E-state index in [-0.39, 0.29) is 22.8 Å². The van der Waals surface area contributed by atoms with Crippen LogP contribution < -0.4 is 4.74 Å². The summed E-state index contributed by atoms with van der Waals surface area (Å²) in [5.41, 5.74) is 0.366. The van der Waals surface area contributed by atoms with E-state index in [4.69, 9.17) is 0 Å². The van der Waals surface area contributed by atoms with Gasteiger partial charge < -0.3 is 4.74 Å². The van der Waals surface area contributed by atoms with E-state index < -0.39 is 24.8 Å². The Morgan fingerprint density at radius 2 is 1.64 bits per heavy atom. The fourth-order valence-electron chi connectivity index (χ4n) is 1.94. The fourth-order valence-corrected chi connectivity index (χ4v) is 1.94. The van der Waals surface area contributed by atoms with Crippen LogP contribution in [0.25, 0.3) is 16.9 Å². The van der Waals surface area contributed by atoms with Gasteiger partial charge in [0.1, 0.15) is 0 Å². The van der Waals surface area contributed by atoms with Crippen molar-refractivity contribution < 1.29 is 31.1 Å². The topological polar surface area (TPSA) is 65.2 Å². The molecule has 0 radical (unpaired) electrons. The standard InChI is InChI=1S/C13H7F6N5O/c14-12(15,16)6-25-10-4-2-8(20-22-10)7-1-3-9-21-23-11(13(17,18)19)24(9)5-7/h1-5H,6H2.